The van der Waals surface area contributed by atoms with Crippen molar-refractivity contribution in [3.05, 3.63) is 9.28 Å². The Labute approximate surface area is 94.0 Å². The summed E-state index contributed by atoms with van der Waals surface area (Å²) < 4.78 is 1.60. The fourth-order valence-corrected chi connectivity index (χ4v) is 6.16. The molecule has 13 heavy (non-hydrogen) atoms. The third kappa shape index (κ3) is 1.51. The van der Waals surface area contributed by atoms with Crippen LogP contribution in [0.3, 0.4) is 0 Å². The molecule has 1 fully saturated rings. The van der Waals surface area contributed by atoms with Gasteiger partial charge in [0.25, 0.3) is 0 Å². The van der Waals surface area contributed by atoms with Gasteiger partial charge in [-0.25, -0.2) is 0 Å². The topological polar surface area (TPSA) is 23.5 Å². The van der Waals surface area contributed by atoms with Gasteiger partial charge in [0.1, 0.15) is 0 Å². The van der Waals surface area contributed by atoms with E-state index >= 15 is 0 Å². The first kappa shape index (κ1) is 10.1. The number of aliphatic hydroxyl groups is 1. The van der Waals surface area contributed by atoms with Crippen molar-refractivity contribution in [3.63, 3.8) is 0 Å². The summed E-state index contributed by atoms with van der Waals surface area (Å²) in [7, 11) is 0. The molecule has 4 heteroatoms. The van der Waals surface area contributed by atoms with Gasteiger partial charge in [-0.3, -0.25) is 0 Å². The number of alkyl halides is 1. The number of nitrogens with zero attached hydrogens (tertiary/aromatic N) is 1. The van der Waals surface area contributed by atoms with Crippen LogP contribution in [0.15, 0.2) is 9.28 Å². The molecule has 1 saturated heterocycles. The van der Waals surface area contributed by atoms with Gasteiger partial charge in [-0.1, -0.05) is 0 Å². The van der Waals surface area contributed by atoms with E-state index in [-0.39, 0.29) is 21.2 Å². The molecule has 2 aliphatic heterocycles. The molecule has 0 bridgehead atoms. The van der Waals surface area contributed by atoms with Gasteiger partial charge >= 0.3 is 94.3 Å². The van der Waals surface area contributed by atoms with E-state index in [1.165, 1.54) is 11.4 Å². The molecule has 0 aromatic carbocycles. The third-order valence-electron chi connectivity index (χ3n) is 2.75. The molecule has 0 saturated carbocycles. The van der Waals surface area contributed by atoms with Crippen LogP contribution in [0, 0.1) is 0 Å². The van der Waals surface area contributed by atoms with Gasteiger partial charge in [-0.05, 0) is 0 Å². The molecule has 0 aliphatic carbocycles. The molecule has 0 aromatic rings. The summed E-state index contributed by atoms with van der Waals surface area (Å²) >= 11 is 2.18. The Morgan fingerprint density at radius 1 is 1.69 bits per heavy atom. The predicted molar refractivity (Wildman–Crippen MR) is 51.9 cm³/mol. The fraction of sp³-hybridized carbons (Fsp3) is 0.778. The van der Waals surface area contributed by atoms with Gasteiger partial charge in [0, 0.05) is 0 Å². The van der Waals surface area contributed by atoms with Crippen molar-refractivity contribution >= 4 is 11.8 Å². The van der Waals surface area contributed by atoms with Crippen LogP contribution in [0.25, 0.3) is 0 Å². The number of allylic oxidation sites excluding steroid dienone is 1. The zero-order chi connectivity index (χ0) is 9.64. The predicted octanol–water partition coefficient (Wildman–Crippen LogP) is -1.58. The van der Waals surface area contributed by atoms with Crippen LogP contribution in [0.5, 0.6) is 0 Å². The van der Waals surface area contributed by atoms with Crippen LogP contribution >= 0.6 is 11.8 Å². The summed E-state index contributed by atoms with van der Waals surface area (Å²) in [6.45, 7) is 4.09. The number of hydrogen-bond acceptors (Lipinski definition) is 3. The van der Waals surface area contributed by atoms with Gasteiger partial charge < -0.3 is 0 Å². The number of rotatable bonds is 1. The van der Waals surface area contributed by atoms with Crippen molar-refractivity contribution in [1.29, 1.82) is 0 Å². The summed E-state index contributed by atoms with van der Waals surface area (Å²) in [6, 6.07) is 0. The van der Waals surface area contributed by atoms with Gasteiger partial charge in [-0.15, -0.1) is 0 Å². The van der Waals surface area contributed by atoms with Crippen LogP contribution < -0.4 is 21.2 Å². The Morgan fingerprint density at radius 3 is 2.92 bits per heavy atom. The molecule has 0 spiro atoms. The zero-order valence-corrected chi connectivity index (χ0v) is 11.1. The van der Waals surface area contributed by atoms with Crippen LogP contribution in [-0.4, -0.2) is 31.8 Å². The molecule has 0 amide bonds. The number of thioether (sulfide) groups is 1. The van der Waals surface area contributed by atoms with Crippen LogP contribution in [0.1, 0.15) is 20.3 Å². The second-order valence-corrected chi connectivity index (χ2v) is 7.28. The molecule has 1 N–H and O–H groups in total. The summed E-state index contributed by atoms with van der Waals surface area (Å²) in [4.78, 5) is 4.49. The Hall–Kier alpha value is 0.580. The van der Waals surface area contributed by atoms with Crippen molar-refractivity contribution in [2.45, 2.75) is 31.4 Å². The van der Waals surface area contributed by atoms with Gasteiger partial charge in [0.05, 0.1) is 0 Å². The Kier molecular flexibility index (Phi) is 2.57. The molecule has 0 radical (unpaired) electrons. The number of hydrogen-bond donors (Lipinski definition) is 1. The maximum absolute atomic E-state index is 9.98. The molecule has 2 rings (SSSR count). The summed E-state index contributed by atoms with van der Waals surface area (Å²) in [6.07, 6.45) is 0.921. The number of halogens is 1. The molecular formula is C9H15INOS-. The van der Waals surface area contributed by atoms with E-state index in [1.54, 1.807) is 3.58 Å². The molecule has 2 aliphatic rings. The zero-order valence-electron chi connectivity index (χ0n) is 8.17. The van der Waals surface area contributed by atoms with Crippen molar-refractivity contribution in [3.8, 4) is 0 Å². The molecule has 2 unspecified atom stereocenters. The van der Waals surface area contributed by atoms with E-state index < -0.39 is 5.72 Å². The standard InChI is InChI=1S/C9H15INOS/c1-6-7(10-3)5-13-8-4-9(2,12)11(6)8/h8,12H,4-5H2,1-3H3/q-1. The monoisotopic (exact) mass is 312 g/mol. The second-order valence-electron chi connectivity index (χ2n) is 3.74. The van der Waals surface area contributed by atoms with Crippen LogP contribution in [0.2, 0.25) is 0 Å². The molecular weight excluding hydrogens is 297 g/mol. The van der Waals surface area contributed by atoms with E-state index in [2.05, 4.69) is 16.8 Å². The SMILES string of the molecule is C[I-]C1=C(C)N2C(CC2(C)O)SC1. The Morgan fingerprint density at radius 2 is 2.38 bits per heavy atom. The first-order valence-corrected chi connectivity index (χ1v) is 8.67. The Balaban J connectivity index is 2.26. The average molecular weight is 312 g/mol. The summed E-state index contributed by atoms with van der Waals surface area (Å²) in [5, 5.41) is 10.5. The average Bonchev–Trinajstić information content (AvgIpc) is 2.02. The second kappa shape index (κ2) is 3.31. The van der Waals surface area contributed by atoms with E-state index in [0.717, 1.165) is 6.42 Å². The van der Waals surface area contributed by atoms with Gasteiger partial charge in [0.15, 0.2) is 0 Å². The summed E-state index contributed by atoms with van der Waals surface area (Å²) in [5.41, 5.74) is 0.794. The van der Waals surface area contributed by atoms with E-state index in [1.807, 2.05) is 18.7 Å². The van der Waals surface area contributed by atoms with Crippen molar-refractivity contribution in [2.24, 2.45) is 0 Å². The van der Waals surface area contributed by atoms with E-state index in [4.69, 9.17) is 0 Å². The van der Waals surface area contributed by atoms with E-state index in [0.29, 0.717) is 5.37 Å². The van der Waals surface area contributed by atoms with Crippen LogP contribution in [-0.2, 0) is 0 Å². The minimum atomic E-state index is -0.563. The molecule has 76 valence electrons. The number of fused-ring (bicyclic) bond motifs is 1. The molecule has 0 aromatic heterocycles. The molecule has 2 atom stereocenters. The first-order chi connectivity index (χ1) is 6.06. The summed E-state index contributed by atoms with van der Waals surface area (Å²) in [5.74, 6) is 1.20. The fourth-order valence-electron chi connectivity index (χ4n) is 2.02. The molecule has 2 nitrogen and oxygen atoms in total. The van der Waals surface area contributed by atoms with E-state index in [9.17, 15) is 5.11 Å². The first-order valence-electron chi connectivity index (χ1n) is 4.39. The quantitative estimate of drug-likeness (QED) is 0.467. The minimum absolute atomic E-state index is 0.197. The normalized spacial score (nSPS) is 39.1. The Bertz CT molecular complexity index is 264. The van der Waals surface area contributed by atoms with Crippen molar-refractivity contribution in [1.82, 2.24) is 4.90 Å². The van der Waals surface area contributed by atoms with Gasteiger partial charge in [0.2, 0.25) is 0 Å². The van der Waals surface area contributed by atoms with Gasteiger partial charge in [-0.2, -0.15) is 0 Å². The van der Waals surface area contributed by atoms with Crippen molar-refractivity contribution < 1.29 is 26.3 Å². The van der Waals surface area contributed by atoms with Crippen molar-refractivity contribution in [2.75, 3.05) is 10.7 Å². The van der Waals surface area contributed by atoms with Crippen LogP contribution in [0.4, 0.5) is 0 Å². The maximum atomic E-state index is 9.98. The third-order valence-corrected chi connectivity index (χ3v) is 6.95. The molecule has 2 heterocycles.